The fourth-order valence-electron chi connectivity index (χ4n) is 3.38. The highest BCUT2D eigenvalue weighted by atomic mass is 35.5. The molecule has 0 aromatic heterocycles. The van der Waals surface area contributed by atoms with E-state index >= 15 is 0 Å². The molecule has 2 rings (SSSR count). The number of nitrogens with two attached hydrogens (primary N) is 1. The molecule has 3 N–H and O–H groups in total. The molecule has 1 fully saturated rings. The molecule has 0 aliphatic carbocycles. The molecule has 154 valence electrons. The predicted molar refractivity (Wildman–Crippen MR) is 111 cm³/mol. The van der Waals surface area contributed by atoms with Crippen LogP contribution < -0.4 is 20.5 Å². The number of hydrogen-bond acceptors (Lipinski definition) is 5. The summed E-state index contributed by atoms with van der Waals surface area (Å²) in [7, 11) is 0. The second-order valence-corrected chi connectivity index (χ2v) is 6.61. The number of nitrogens with zero attached hydrogens (tertiary/aromatic N) is 1. The van der Waals surface area contributed by atoms with Gasteiger partial charge in [-0.25, -0.2) is 0 Å². The van der Waals surface area contributed by atoms with Gasteiger partial charge in [0.25, 0.3) is 0 Å². The summed E-state index contributed by atoms with van der Waals surface area (Å²) >= 11 is 0. The van der Waals surface area contributed by atoms with Gasteiger partial charge < -0.3 is 20.5 Å². The van der Waals surface area contributed by atoms with Crippen LogP contribution in [0.3, 0.4) is 0 Å². The van der Waals surface area contributed by atoms with Crippen LogP contribution in [-0.2, 0) is 11.3 Å². The number of carbonyl (C=O) groups excluding carboxylic acids is 1. The Morgan fingerprint density at radius 1 is 1.22 bits per heavy atom. The lowest BCUT2D eigenvalue weighted by Gasteiger charge is -2.36. The van der Waals surface area contributed by atoms with E-state index in [0.29, 0.717) is 38.8 Å². The number of benzene rings is 1. The number of hydrogen-bond donors (Lipinski definition) is 2. The second-order valence-electron chi connectivity index (χ2n) is 6.61. The van der Waals surface area contributed by atoms with Gasteiger partial charge in [0.2, 0.25) is 5.91 Å². The number of halogens is 1. The van der Waals surface area contributed by atoms with Gasteiger partial charge in [-0.2, -0.15) is 0 Å². The lowest BCUT2D eigenvalue weighted by Crippen LogP contribution is -2.46. The zero-order chi connectivity index (χ0) is 18.8. The average molecular weight is 400 g/mol. The van der Waals surface area contributed by atoms with Crippen LogP contribution in [0.2, 0.25) is 0 Å². The number of nitrogens with one attached hydrogen (secondary N) is 1. The Hall–Kier alpha value is -1.50. The van der Waals surface area contributed by atoms with Crippen LogP contribution in [0.25, 0.3) is 0 Å². The first-order valence-electron chi connectivity index (χ1n) is 9.77. The molecule has 1 saturated heterocycles. The molecule has 1 aromatic carbocycles. The molecule has 0 spiro atoms. The first-order chi connectivity index (χ1) is 12.7. The molecule has 0 bridgehead atoms. The van der Waals surface area contributed by atoms with Gasteiger partial charge in [-0.3, -0.25) is 9.69 Å². The first kappa shape index (κ1) is 23.5. The van der Waals surface area contributed by atoms with Crippen LogP contribution in [0.1, 0.15) is 45.1 Å². The molecule has 1 heterocycles. The van der Waals surface area contributed by atoms with E-state index < -0.39 is 0 Å². The van der Waals surface area contributed by atoms with Crippen molar-refractivity contribution in [1.82, 2.24) is 10.2 Å². The SMILES string of the molecule is CCOc1ccc(CN2CCCCC2CNC(=O)CCN)cc1OCC.Cl. The molecule has 1 aliphatic rings. The van der Waals surface area contributed by atoms with E-state index in [4.69, 9.17) is 15.2 Å². The number of rotatable bonds is 10. The van der Waals surface area contributed by atoms with Crippen molar-refractivity contribution in [3.8, 4) is 11.5 Å². The third-order valence-corrected chi connectivity index (χ3v) is 4.65. The summed E-state index contributed by atoms with van der Waals surface area (Å²) in [6.45, 7) is 8.17. The van der Waals surface area contributed by atoms with Crippen LogP contribution >= 0.6 is 12.4 Å². The quantitative estimate of drug-likeness (QED) is 0.632. The summed E-state index contributed by atoms with van der Waals surface area (Å²) in [5.41, 5.74) is 6.65. The number of carbonyl (C=O) groups is 1. The normalized spacial score (nSPS) is 17.1. The van der Waals surface area contributed by atoms with E-state index in [1.807, 2.05) is 19.9 Å². The minimum Gasteiger partial charge on any atom is -0.490 e. The van der Waals surface area contributed by atoms with E-state index in [0.717, 1.165) is 31.0 Å². The van der Waals surface area contributed by atoms with E-state index in [-0.39, 0.29) is 18.3 Å². The summed E-state index contributed by atoms with van der Waals surface area (Å²) in [5.74, 6) is 1.64. The molecule has 1 atom stereocenters. The Balaban J connectivity index is 0.00000364. The Bertz CT molecular complexity index is 571. The van der Waals surface area contributed by atoms with Crippen LogP contribution in [-0.4, -0.2) is 49.7 Å². The van der Waals surface area contributed by atoms with Crippen molar-refractivity contribution >= 4 is 18.3 Å². The van der Waals surface area contributed by atoms with Crippen molar-refractivity contribution in [2.75, 3.05) is 32.8 Å². The summed E-state index contributed by atoms with van der Waals surface area (Å²) in [6.07, 6.45) is 3.91. The number of likely N-dealkylation sites (tertiary alicyclic amines) is 1. The molecule has 1 amide bonds. The van der Waals surface area contributed by atoms with Crippen LogP contribution in [0, 0.1) is 0 Å². The Labute approximate surface area is 169 Å². The van der Waals surface area contributed by atoms with Crippen LogP contribution in [0.5, 0.6) is 11.5 Å². The van der Waals surface area contributed by atoms with Gasteiger partial charge >= 0.3 is 0 Å². The Kier molecular flexibility index (Phi) is 11.2. The molecule has 7 heteroatoms. The fourth-order valence-corrected chi connectivity index (χ4v) is 3.38. The lowest BCUT2D eigenvalue weighted by molar-refractivity contribution is -0.121. The minimum atomic E-state index is 0. The molecule has 0 saturated carbocycles. The molecule has 1 aliphatic heterocycles. The van der Waals surface area contributed by atoms with Gasteiger partial charge in [-0.15, -0.1) is 12.4 Å². The summed E-state index contributed by atoms with van der Waals surface area (Å²) < 4.78 is 11.4. The van der Waals surface area contributed by atoms with Crippen molar-refractivity contribution < 1.29 is 14.3 Å². The number of amides is 1. The summed E-state index contributed by atoms with van der Waals surface area (Å²) in [5, 5.41) is 3.02. The topological polar surface area (TPSA) is 76.8 Å². The smallest absolute Gasteiger partial charge is 0.221 e. The highest BCUT2D eigenvalue weighted by molar-refractivity contribution is 5.85. The first-order valence-corrected chi connectivity index (χ1v) is 9.77. The van der Waals surface area contributed by atoms with Gasteiger partial charge in [0.15, 0.2) is 11.5 Å². The third-order valence-electron chi connectivity index (χ3n) is 4.65. The van der Waals surface area contributed by atoms with Gasteiger partial charge in [0.05, 0.1) is 13.2 Å². The lowest BCUT2D eigenvalue weighted by atomic mass is 10.0. The van der Waals surface area contributed by atoms with Crippen molar-refractivity contribution in [2.45, 2.75) is 52.1 Å². The van der Waals surface area contributed by atoms with Crippen LogP contribution in [0.15, 0.2) is 18.2 Å². The van der Waals surface area contributed by atoms with Gasteiger partial charge in [-0.1, -0.05) is 12.5 Å². The molecular weight excluding hydrogens is 366 g/mol. The standard InChI is InChI=1S/C20H33N3O3.ClH/c1-3-25-18-9-8-16(13-19(18)26-4-2)15-23-12-6-5-7-17(23)14-22-20(24)10-11-21;/h8-9,13,17H,3-7,10-12,14-15,21H2,1-2H3,(H,22,24);1H. The summed E-state index contributed by atoms with van der Waals surface area (Å²) in [4.78, 5) is 14.2. The Morgan fingerprint density at radius 3 is 2.67 bits per heavy atom. The maximum absolute atomic E-state index is 11.7. The zero-order valence-electron chi connectivity index (χ0n) is 16.5. The van der Waals surface area contributed by atoms with Gasteiger partial charge in [0.1, 0.15) is 0 Å². The highest BCUT2D eigenvalue weighted by Gasteiger charge is 2.23. The highest BCUT2D eigenvalue weighted by Crippen LogP contribution is 2.30. The number of piperidine rings is 1. The molecular formula is C20H34ClN3O3. The third kappa shape index (κ3) is 7.56. The Morgan fingerprint density at radius 2 is 1.96 bits per heavy atom. The molecule has 27 heavy (non-hydrogen) atoms. The second kappa shape index (κ2) is 12.8. The van der Waals surface area contributed by atoms with Crippen molar-refractivity contribution in [1.29, 1.82) is 0 Å². The van der Waals surface area contributed by atoms with Crippen molar-refractivity contribution in [3.63, 3.8) is 0 Å². The maximum Gasteiger partial charge on any atom is 0.221 e. The zero-order valence-corrected chi connectivity index (χ0v) is 17.4. The molecule has 1 aromatic rings. The van der Waals surface area contributed by atoms with E-state index in [1.165, 1.54) is 18.4 Å². The largest absolute Gasteiger partial charge is 0.490 e. The fraction of sp³-hybridized carbons (Fsp3) is 0.650. The summed E-state index contributed by atoms with van der Waals surface area (Å²) in [6, 6.07) is 6.54. The van der Waals surface area contributed by atoms with E-state index in [2.05, 4.69) is 22.3 Å². The monoisotopic (exact) mass is 399 g/mol. The van der Waals surface area contributed by atoms with Crippen molar-refractivity contribution in [3.05, 3.63) is 23.8 Å². The maximum atomic E-state index is 11.7. The molecule has 0 radical (unpaired) electrons. The van der Waals surface area contributed by atoms with Gasteiger partial charge in [0, 0.05) is 32.1 Å². The van der Waals surface area contributed by atoms with E-state index in [1.54, 1.807) is 0 Å². The molecule has 1 unspecified atom stereocenters. The minimum absolute atomic E-state index is 0. The van der Waals surface area contributed by atoms with Gasteiger partial charge in [-0.05, 0) is 50.9 Å². The molecule has 6 nitrogen and oxygen atoms in total. The van der Waals surface area contributed by atoms with E-state index in [9.17, 15) is 4.79 Å². The predicted octanol–water partition coefficient (Wildman–Crippen LogP) is 2.73. The average Bonchev–Trinajstić information content (AvgIpc) is 2.64. The van der Waals surface area contributed by atoms with Crippen LogP contribution in [0.4, 0.5) is 0 Å². The van der Waals surface area contributed by atoms with Crippen molar-refractivity contribution in [2.24, 2.45) is 5.73 Å². The number of ether oxygens (including phenoxy) is 2.